The molecular formula is C42H43F4N7O7. The van der Waals surface area contributed by atoms with Crippen molar-refractivity contribution < 1.29 is 50.9 Å². The van der Waals surface area contributed by atoms with Crippen LogP contribution in [0.25, 0.3) is 45.2 Å². The number of fused-ring (bicyclic) bond motifs is 3. The summed E-state index contributed by atoms with van der Waals surface area (Å²) in [5.74, 6) is -10.6. The number of benzene rings is 2. The van der Waals surface area contributed by atoms with Crippen molar-refractivity contribution in [2.45, 2.75) is 76.4 Å². The van der Waals surface area contributed by atoms with Crippen molar-refractivity contribution >= 4 is 18.1 Å². The zero-order valence-electron chi connectivity index (χ0n) is 33.6. The molecule has 1 aliphatic carbocycles. The molecular weight excluding hydrogens is 790 g/mol. The molecule has 2 atom stereocenters. The van der Waals surface area contributed by atoms with Gasteiger partial charge in [0.05, 0.1) is 62.4 Å². The maximum atomic E-state index is 16.2. The van der Waals surface area contributed by atoms with Crippen molar-refractivity contribution in [2.75, 3.05) is 26.9 Å². The number of hydrogen-bond acceptors (Lipinski definition) is 9. The lowest BCUT2D eigenvalue weighted by Gasteiger charge is -2.35. The summed E-state index contributed by atoms with van der Waals surface area (Å²) in [6, 6.07) is 9.40. The predicted octanol–water partition coefficient (Wildman–Crippen LogP) is 7.98. The first-order valence-corrected chi connectivity index (χ1v) is 19.3. The maximum absolute atomic E-state index is 16.2. The molecule has 1 spiro atoms. The van der Waals surface area contributed by atoms with Gasteiger partial charge in [-0.25, -0.2) is 24.1 Å². The third kappa shape index (κ3) is 7.00. The molecule has 2 amide bonds. The Kier molecular flexibility index (Phi) is 9.93. The number of hydrogen-bond donors (Lipinski definition) is 3. The molecule has 2 fully saturated rings. The van der Waals surface area contributed by atoms with Gasteiger partial charge in [-0.05, 0) is 62.1 Å². The van der Waals surface area contributed by atoms with Crippen LogP contribution in [0.1, 0.15) is 64.0 Å². The fraction of sp³-hybridized carbons (Fsp3) is 0.405. The number of likely N-dealkylation sites (tertiary alicyclic amines) is 1. The minimum Gasteiger partial charge on any atom is -0.453 e. The van der Waals surface area contributed by atoms with Gasteiger partial charge in [0.25, 0.3) is 0 Å². The van der Waals surface area contributed by atoms with Crippen molar-refractivity contribution in [1.29, 1.82) is 0 Å². The Hall–Kier alpha value is -6.01. The molecule has 0 unspecified atom stereocenters. The molecule has 5 aromatic rings. The lowest BCUT2D eigenvalue weighted by Crippen LogP contribution is -2.52. The second kappa shape index (κ2) is 14.6. The third-order valence-electron chi connectivity index (χ3n) is 10.9. The SMILES string of the molecule is COC(=O)N[C@H](C(=O)N1CC2(C[C@H]1c1ncc(-c3ccc4c(c3)C(F)(F)C(F)(F)c3cc(-c5cnc(-c6cccn6C(=O)OC(C)(C)C)[nH]5)ccc3-4)[nH]1)OCCO2)C(C)C. The van der Waals surface area contributed by atoms with Crippen LogP contribution in [0.4, 0.5) is 27.2 Å². The van der Waals surface area contributed by atoms with E-state index >= 15 is 17.6 Å². The summed E-state index contributed by atoms with van der Waals surface area (Å²) in [6.07, 6.45) is 3.01. The summed E-state index contributed by atoms with van der Waals surface area (Å²) in [5, 5.41) is 2.59. The van der Waals surface area contributed by atoms with Crippen LogP contribution in [0.3, 0.4) is 0 Å². The highest BCUT2D eigenvalue weighted by Crippen LogP contribution is 2.59. The lowest BCUT2D eigenvalue weighted by molar-refractivity contribution is -0.225. The summed E-state index contributed by atoms with van der Waals surface area (Å²) >= 11 is 0. The summed E-state index contributed by atoms with van der Waals surface area (Å²) in [4.78, 5) is 55.4. The van der Waals surface area contributed by atoms with Crippen molar-refractivity contribution in [3.63, 3.8) is 0 Å². The first-order valence-electron chi connectivity index (χ1n) is 19.3. The summed E-state index contributed by atoms with van der Waals surface area (Å²) < 4.78 is 87.9. The van der Waals surface area contributed by atoms with E-state index in [2.05, 4.69) is 25.3 Å². The smallest absolute Gasteiger partial charge is 0.419 e. The number of alkyl halides is 4. The maximum Gasteiger partial charge on any atom is 0.419 e. The number of alkyl carbamates (subject to hydrolysis) is 1. The van der Waals surface area contributed by atoms with E-state index in [1.807, 2.05) is 0 Å². The first kappa shape index (κ1) is 40.8. The zero-order chi connectivity index (χ0) is 42.9. The van der Waals surface area contributed by atoms with Gasteiger partial charge in [0.1, 0.15) is 17.5 Å². The van der Waals surface area contributed by atoms with E-state index in [0.717, 1.165) is 12.1 Å². The van der Waals surface area contributed by atoms with Gasteiger partial charge < -0.3 is 39.1 Å². The molecule has 2 aliphatic heterocycles. The highest BCUT2D eigenvalue weighted by molar-refractivity contribution is 5.87. The molecule has 8 rings (SSSR count). The number of aromatic nitrogens is 5. The Morgan fingerprint density at radius 3 is 2.08 bits per heavy atom. The molecule has 5 heterocycles. The second-order valence-electron chi connectivity index (χ2n) is 16.4. The fourth-order valence-electron chi connectivity index (χ4n) is 7.95. The number of ether oxygens (including phenoxy) is 4. The van der Waals surface area contributed by atoms with Crippen LogP contribution in [-0.4, -0.2) is 91.8 Å². The van der Waals surface area contributed by atoms with Gasteiger partial charge in [-0.1, -0.05) is 38.1 Å². The van der Waals surface area contributed by atoms with Crippen LogP contribution >= 0.6 is 0 Å². The van der Waals surface area contributed by atoms with Crippen molar-refractivity contribution in [3.05, 3.63) is 84.1 Å². The van der Waals surface area contributed by atoms with Gasteiger partial charge in [0.15, 0.2) is 11.6 Å². The number of methoxy groups -OCH3 is 1. The van der Waals surface area contributed by atoms with Gasteiger partial charge in [-0.3, -0.25) is 4.79 Å². The van der Waals surface area contributed by atoms with Gasteiger partial charge in [-0.15, -0.1) is 0 Å². The average Bonchev–Trinajstić information content (AvgIpc) is 4.05. The molecule has 316 valence electrons. The molecule has 3 aliphatic rings. The highest BCUT2D eigenvalue weighted by atomic mass is 19.3. The number of rotatable bonds is 7. The van der Waals surface area contributed by atoms with Crippen LogP contribution in [0, 0.1) is 5.92 Å². The Labute approximate surface area is 341 Å². The largest absolute Gasteiger partial charge is 0.453 e. The number of amides is 2. The number of carbonyl (C=O) groups is 3. The van der Waals surface area contributed by atoms with E-state index < -0.39 is 64.5 Å². The van der Waals surface area contributed by atoms with Crippen LogP contribution in [-0.2, 0) is 35.6 Å². The van der Waals surface area contributed by atoms with Crippen molar-refractivity contribution in [2.24, 2.45) is 5.92 Å². The van der Waals surface area contributed by atoms with Gasteiger partial charge >= 0.3 is 24.0 Å². The normalized spacial score (nSPS) is 19.2. The number of nitrogens with one attached hydrogen (secondary N) is 3. The number of H-pyrrole nitrogens is 2. The Morgan fingerprint density at radius 2 is 1.50 bits per heavy atom. The standard InChI is InChI=1S/C42H43F4N7O7/c1-22(2)33(51-37(55)57-6)36(54)53-21-40(58-14-15-59-40)18-32(53)35-48-20-30(50-35)24-10-12-26-25-11-9-23(16-27(25)41(43,44)42(45,46)28(26)17-24)29-19-47-34(49-29)31-8-7-13-52(31)38(56)60-39(3,4)5/h7-13,16-17,19-20,22,32-33H,14-15,18,21H2,1-6H3,(H,47,49)(H,48,50)(H,51,55)/t32-,33-/m0/s1. The number of imidazole rings is 2. The zero-order valence-corrected chi connectivity index (χ0v) is 33.6. The molecule has 18 heteroatoms. The van der Waals surface area contributed by atoms with E-state index in [9.17, 15) is 14.4 Å². The molecule has 3 N–H and O–H groups in total. The van der Waals surface area contributed by atoms with E-state index in [1.165, 1.54) is 59.4 Å². The monoisotopic (exact) mass is 833 g/mol. The van der Waals surface area contributed by atoms with E-state index in [1.54, 1.807) is 46.8 Å². The van der Waals surface area contributed by atoms with Crippen LogP contribution in [0.2, 0.25) is 0 Å². The van der Waals surface area contributed by atoms with Gasteiger partial charge in [-0.2, -0.15) is 17.6 Å². The van der Waals surface area contributed by atoms with Crippen LogP contribution in [0.5, 0.6) is 0 Å². The molecule has 2 saturated heterocycles. The molecule has 0 radical (unpaired) electrons. The van der Waals surface area contributed by atoms with Crippen molar-refractivity contribution in [3.8, 4) is 45.2 Å². The van der Waals surface area contributed by atoms with E-state index in [0.29, 0.717) is 18.9 Å². The summed E-state index contributed by atoms with van der Waals surface area (Å²) in [6.45, 7) is 9.37. The van der Waals surface area contributed by atoms with E-state index in [-0.39, 0.29) is 64.2 Å². The average molecular weight is 834 g/mol. The molecule has 0 bridgehead atoms. The van der Waals surface area contributed by atoms with Crippen molar-refractivity contribution in [1.82, 2.24) is 34.7 Å². The van der Waals surface area contributed by atoms with Crippen LogP contribution in [0.15, 0.2) is 67.1 Å². The fourth-order valence-corrected chi connectivity index (χ4v) is 7.95. The Balaban J connectivity index is 1.09. The Bertz CT molecular complexity index is 2480. The predicted molar refractivity (Wildman–Crippen MR) is 208 cm³/mol. The summed E-state index contributed by atoms with van der Waals surface area (Å²) in [5.41, 5.74) is -1.43. The first-order chi connectivity index (χ1) is 28.3. The number of carbonyl (C=O) groups excluding carboxylic acids is 3. The van der Waals surface area contributed by atoms with Crippen LogP contribution < -0.4 is 5.32 Å². The summed E-state index contributed by atoms with van der Waals surface area (Å²) in [7, 11) is 1.19. The second-order valence-corrected chi connectivity index (χ2v) is 16.4. The van der Waals surface area contributed by atoms with E-state index in [4.69, 9.17) is 18.9 Å². The minimum atomic E-state index is -4.63. The Morgan fingerprint density at radius 1 is 0.900 bits per heavy atom. The van der Waals surface area contributed by atoms with Gasteiger partial charge in [0.2, 0.25) is 5.91 Å². The number of halogens is 4. The molecule has 14 nitrogen and oxygen atoms in total. The number of nitrogens with zero attached hydrogens (tertiary/aromatic N) is 4. The molecule has 3 aromatic heterocycles. The number of aromatic amines is 2. The molecule has 60 heavy (non-hydrogen) atoms. The van der Waals surface area contributed by atoms with Gasteiger partial charge in [0, 0.05) is 34.9 Å². The highest BCUT2D eigenvalue weighted by Gasteiger charge is 2.63. The minimum absolute atomic E-state index is 0.0314. The topological polar surface area (TPSA) is 166 Å². The lowest BCUT2D eigenvalue weighted by atomic mass is 9.79. The third-order valence-corrected chi connectivity index (χ3v) is 10.9. The molecule has 0 saturated carbocycles. The quantitative estimate of drug-likeness (QED) is 0.138. The molecule has 2 aromatic carbocycles.